The van der Waals surface area contributed by atoms with Crippen LogP contribution < -0.4 is 5.63 Å². The zero-order valence-corrected chi connectivity index (χ0v) is 18.1. The molecule has 2 heterocycles. The van der Waals surface area contributed by atoms with E-state index < -0.39 is 29.7 Å². The number of likely N-dealkylation sites (N-methyl/N-ethyl adjacent to an activating group) is 1. The van der Waals surface area contributed by atoms with Gasteiger partial charge in [0.1, 0.15) is 24.3 Å². The van der Waals surface area contributed by atoms with Crippen molar-refractivity contribution >= 4 is 28.9 Å². The van der Waals surface area contributed by atoms with Gasteiger partial charge in [-0.15, -0.1) is 0 Å². The number of benzene rings is 1. The molecule has 1 aromatic heterocycles. The Morgan fingerprint density at radius 2 is 1.75 bits per heavy atom. The molecule has 0 N–H and O–H groups in total. The van der Waals surface area contributed by atoms with Gasteiger partial charge in [0.15, 0.2) is 0 Å². The summed E-state index contributed by atoms with van der Waals surface area (Å²) in [5, 5.41) is 0.743. The summed E-state index contributed by atoms with van der Waals surface area (Å²) in [5.41, 5.74) is 2.10. The minimum Gasteiger partial charge on any atom is -0.459 e. The zero-order valence-electron chi connectivity index (χ0n) is 18.1. The Morgan fingerprint density at radius 3 is 2.50 bits per heavy atom. The summed E-state index contributed by atoms with van der Waals surface area (Å²) in [4.78, 5) is 52.8. The number of amides is 3. The lowest BCUT2D eigenvalue weighted by molar-refractivity contribution is -0.149. The van der Waals surface area contributed by atoms with Gasteiger partial charge < -0.3 is 14.1 Å². The third-order valence-corrected chi connectivity index (χ3v) is 7.20. The summed E-state index contributed by atoms with van der Waals surface area (Å²) in [7, 11) is 1.63. The minimum atomic E-state index is -0.829. The van der Waals surface area contributed by atoms with Gasteiger partial charge in [-0.25, -0.2) is 9.59 Å². The van der Waals surface area contributed by atoms with Gasteiger partial charge in [-0.2, -0.15) is 0 Å². The Hall–Kier alpha value is -3.16. The molecule has 0 atom stereocenters. The molecule has 0 unspecified atom stereocenters. The molecule has 2 fully saturated rings. The van der Waals surface area contributed by atoms with Crippen LogP contribution in [0.15, 0.2) is 27.4 Å². The molecule has 0 bridgehead atoms. The number of urea groups is 1. The topological polar surface area (TPSA) is 97.1 Å². The maximum absolute atomic E-state index is 13.0. The Morgan fingerprint density at radius 1 is 1.03 bits per heavy atom. The number of esters is 1. The molecule has 3 aliphatic rings. The van der Waals surface area contributed by atoms with Gasteiger partial charge in [0, 0.05) is 24.1 Å². The van der Waals surface area contributed by atoms with Crippen LogP contribution in [0.1, 0.15) is 55.2 Å². The largest absolute Gasteiger partial charge is 0.459 e. The van der Waals surface area contributed by atoms with Crippen molar-refractivity contribution in [2.24, 2.45) is 0 Å². The van der Waals surface area contributed by atoms with Crippen LogP contribution in [0.3, 0.4) is 0 Å². The van der Waals surface area contributed by atoms with E-state index in [0.717, 1.165) is 48.8 Å². The number of ether oxygens (including phenoxy) is 1. The van der Waals surface area contributed by atoms with Crippen molar-refractivity contribution in [2.75, 3.05) is 13.6 Å². The molecular formula is C24H26N2O6. The molecule has 8 heteroatoms. The summed E-state index contributed by atoms with van der Waals surface area (Å²) in [6.07, 6.45) is 7.05. The number of nitrogens with zero attached hydrogens (tertiary/aromatic N) is 2. The summed E-state index contributed by atoms with van der Waals surface area (Å²) >= 11 is 0. The SMILES string of the molecule is CN1C(=O)N(CC(=O)OCc2cc(=O)oc3cc4c(cc23)CCC4)C(=O)C12CCCCC2. The Bertz CT molecular complexity index is 1180. The van der Waals surface area contributed by atoms with Crippen molar-refractivity contribution < 1.29 is 23.5 Å². The summed E-state index contributed by atoms with van der Waals surface area (Å²) in [6, 6.07) is 4.76. The van der Waals surface area contributed by atoms with E-state index in [1.165, 1.54) is 22.1 Å². The second kappa shape index (κ2) is 7.76. The second-order valence-electron chi connectivity index (χ2n) is 9.05. The lowest BCUT2D eigenvalue weighted by Gasteiger charge is -2.35. The molecule has 0 radical (unpaired) electrons. The molecule has 2 aromatic rings. The standard InChI is InChI=1S/C24H26N2O6/c1-25-23(30)26(22(29)24(25)8-3-2-4-9-24)13-21(28)31-14-17-12-20(27)32-19-11-16-7-5-6-15(16)10-18(17)19/h10-12H,2-9,13-14H2,1H3. The number of imide groups is 1. The van der Waals surface area contributed by atoms with Gasteiger partial charge in [0.25, 0.3) is 5.91 Å². The molecular weight excluding hydrogens is 412 g/mol. The summed E-state index contributed by atoms with van der Waals surface area (Å²) < 4.78 is 10.7. The van der Waals surface area contributed by atoms with Crippen LogP contribution in [0.25, 0.3) is 11.0 Å². The van der Waals surface area contributed by atoms with Gasteiger partial charge in [-0.3, -0.25) is 14.5 Å². The third kappa shape index (κ3) is 3.29. The fourth-order valence-corrected chi connectivity index (χ4v) is 5.42. The normalized spacial score (nSPS) is 19.8. The predicted octanol–water partition coefficient (Wildman–Crippen LogP) is 2.92. The molecule has 1 aromatic carbocycles. The smallest absolute Gasteiger partial charge is 0.336 e. The van der Waals surface area contributed by atoms with Gasteiger partial charge in [0.2, 0.25) is 0 Å². The van der Waals surface area contributed by atoms with E-state index in [2.05, 4.69) is 0 Å². The van der Waals surface area contributed by atoms with Crippen molar-refractivity contribution in [3.05, 3.63) is 45.3 Å². The molecule has 32 heavy (non-hydrogen) atoms. The highest BCUT2D eigenvalue weighted by Gasteiger charge is 2.55. The predicted molar refractivity (Wildman–Crippen MR) is 115 cm³/mol. The maximum Gasteiger partial charge on any atom is 0.336 e. The first-order chi connectivity index (χ1) is 15.4. The molecule has 3 amide bonds. The van der Waals surface area contributed by atoms with E-state index in [1.807, 2.05) is 12.1 Å². The Balaban J connectivity index is 1.31. The molecule has 5 rings (SSSR count). The number of rotatable bonds is 4. The van der Waals surface area contributed by atoms with Crippen molar-refractivity contribution in [3.8, 4) is 0 Å². The van der Waals surface area contributed by atoms with Gasteiger partial charge in [-0.05, 0) is 55.4 Å². The van der Waals surface area contributed by atoms with Crippen LogP contribution in [0.5, 0.6) is 0 Å². The highest BCUT2D eigenvalue weighted by atomic mass is 16.5. The van der Waals surface area contributed by atoms with E-state index in [1.54, 1.807) is 7.05 Å². The zero-order chi connectivity index (χ0) is 22.5. The highest BCUT2D eigenvalue weighted by molar-refractivity contribution is 6.08. The molecule has 1 spiro atoms. The quantitative estimate of drug-likeness (QED) is 0.414. The van der Waals surface area contributed by atoms with Crippen molar-refractivity contribution in [1.29, 1.82) is 0 Å². The van der Waals surface area contributed by atoms with E-state index >= 15 is 0 Å². The fraction of sp³-hybridized carbons (Fsp3) is 0.500. The lowest BCUT2D eigenvalue weighted by Crippen LogP contribution is -2.49. The first-order valence-corrected chi connectivity index (χ1v) is 11.2. The van der Waals surface area contributed by atoms with Crippen LogP contribution >= 0.6 is 0 Å². The first kappa shape index (κ1) is 20.7. The monoisotopic (exact) mass is 438 g/mol. The molecule has 1 saturated carbocycles. The van der Waals surface area contributed by atoms with E-state index in [0.29, 0.717) is 24.0 Å². The number of hydrogen-bond acceptors (Lipinski definition) is 6. The van der Waals surface area contributed by atoms with E-state index in [9.17, 15) is 19.2 Å². The number of fused-ring (bicyclic) bond motifs is 2. The molecule has 2 aliphatic carbocycles. The van der Waals surface area contributed by atoms with Crippen LogP contribution in [0.4, 0.5) is 4.79 Å². The number of aryl methyl sites for hydroxylation is 2. The Kier molecular flexibility index (Phi) is 5.03. The minimum absolute atomic E-state index is 0.128. The molecule has 168 valence electrons. The van der Waals surface area contributed by atoms with Crippen LogP contribution in [0.2, 0.25) is 0 Å². The van der Waals surface area contributed by atoms with Gasteiger partial charge >= 0.3 is 17.6 Å². The average Bonchev–Trinajstić information content (AvgIpc) is 3.31. The maximum atomic E-state index is 13.0. The van der Waals surface area contributed by atoms with E-state index in [-0.39, 0.29) is 12.5 Å². The third-order valence-electron chi connectivity index (χ3n) is 7.20. The molecule has 1 aliphatic heterocycles. The first-order valence-electron chi connectivity index (χ1n) is 11.2. The average molecular weight is 438 g/mol. The van der Waals surface area contributed by atoms with Crippen LogP contribution in [-0.2, 0) is 33.8 Å². The second-order valence-corrected chi connectivity index (χ2v) is 9.05. The lowest BCUT2D eigenvalue weighted by atomic mass is 9.81. The van der Waals surface area contributed by atoms with E-state index in [4.69, 9.17) is 9.15 Å². The fourth-order valence-electron chi connectivity index (χ4n) is 5.42. The number of carbonyl (C=O) groups excluding carboxylic acids is 3. The highest BCUT2D eigenvalue weighted by Crippen LogP contribution is 2.39. The van der Waals surface area contributed by atoms with Gasteiger partial charge in [-0.1, -0.05) is 19.3 Å². The summed E-state index contributed by atoms with van der Waals surface area (Å²) in [6.45, 7) is -0.560. The molecule has 1 saturated heterocycles. The van der Waals surface area contributed by atoms with Gasteiger partial charge in [0.05, 0.1) is 0 Å². The summed E-state index contributed by atoms with van der Waals surface area (Å²) in [5.74, 6) is -1.00. The molecule has 8 nitrogen and oxygen atoms in total. The van der Waals surface area contributed by atoms with Crippen LogP contribution in [-0.4, -0.2) is 46.8 Å². The van der Waals surface area contributed by atoms with Crippen LogP contribution in [0, 0.1) is 0 Å². The Labute approximate surface area is 185 Å². The number of hydrogen-bond donors (Lipinski definition) is 0. The van der Waals surface area contributed by atoms with Crippen molar-refractivity contribution in [1.82, 2.24) is 9.80 Å². The number of carbonyl (C=O) groups is 3. The van der Waals surface area contributed by atoms with Crippen molar-refractivity contribution in [3.63, 3.8) is 0 Å². The van der Waals surface area contributed by atoms with Crippen molar-refractivity contribution in [2.45, 2.75) is 63.5 Å².